The lowest BCUT2D eigenvalue weighted by molar-refractivity contribution is 0.181. The fourth-order valence-electron chi connectivity index (χ4n) is 3.76. The fourth-order valence-corrected chi connectivity index (χ4v) is 5.56. The molecule has 8 heteroatoms. The van der Waals surface area contributed by atoms with E-state index in [0.717, 1.165) is 44.1 Å². The Balaban J connectivity index is 1.29. The third kappa shape index (κ3) is 5.84. The van der Waals surface area contributed by atoms with E-state index in [2.05, 4.69) is 50.5 Å². The Morgan fingerprint density at radius 1 is 0.861 bits per heavy atom. The highest BCUT2D eigenvalue weighted by molar-refractivity contribution is 7.98. The number of benzene rings is 3. The maximum absolute atomic E-state index is 6.24. The van der Waals surface area contributed by atoms with E-state index in [1.54, 1.807) is 30.2 Å². The molecule has 5 aromatic rings. The van der Waals surface area contributed by atoms with Gasteiger partial charge in [-0.05, 0) is 11.6 Å². The monoisotopic (exact) mass is 514 g/mol. The van der Waals surface area contributed by atoms with Crippen molar-refractivity contribution in [2.24, 2.45) is 0 Å². The third-order valence-electron chi connectivity index (χ3n) is 5.56. The van der Waals surface area contributed by atoms with Crippen LogP contribution in [-0.4, -0.2) is 33.5 Å². The topological polar surface area (TPSA) is 62.1 Å². The lowest BCUT2D eigenvalue weighted by Gasteiger charge is -2.13. The molecule has 0 N–H and O–H groups in total. The van der Waals surface area contributed by atoms with Gasteiger partial charge in [0.25, 0.3) is 0 Å². The molecule has 5 rings (SSSR count). The van der Waals surface area contributed by atoms with Gasteiger partial charge in [0, 0.05) is 35.9 Å². The fraction of sp³-hybridized carbons (Fsp3) is 0.179. The van der Waals surface area contributed by atoms with Crippen molar-refractivity contribution in [1.29, 1.82) is 0 Å². The van der Waals surface area contributed by atoms with Crippen molar-refractivity contribution in [3.63, 3.8) is 0 Å². The Hall–Kier alpha value is -3.46. The van der Waals surface area contributed by atoms with Crippen molar-refractivity contribution >= 4 is 23.1 Å². The summed E-state index contributed by atoms with van der Waals surface area (Å²) in [6.45, 7) is 1.53. The number of methoxy groups -OCH3 is 1. The van der Waals surface area contributed by atoms with Crippen LogP contribution in [0.15, 0.2) is 95.5 Å². The SMILES string of the molecule is COCCn1c(COc2ccccc2-c2ccccc2)nnc1SCc1csc(-c2ccccc2)n1. The third-order valence-corrected chi connectivity index (χ3v) is 7.50. The number of ether oxygens (including phenoxy) is 2. The molecule has 0 aliphatic heterocycles. The first-order valence-corrected chi connectivity index (χ1v) is 13.5. The summed E-state index contributed by atoms with van der Waals surface area (Å²) in [7, 11) is 1.70. The average Bonchev–Trinajstić information content (AvgIpc) is 3.57. The second kappa shape index (κ2) is 12.0. The zero-order valence-electron chi connectivity index (χ0n) is 19.9. The molecule has 0 aliphatic rings. The summed E-state index contributed by atoms with van der Waals surface area (Å²) in [4.78, 5) is 4.80. The van der Waals surface area contributed by atoms with Crippen LogP contribution in [0.25, 0.3) is 21.7 Å². The summed E-state index contributed by atoms with van der Waals surface area (Å²) in [5.41, 5.74) is 4.33. The Morgan fingerprint density at radius 3 is 2.36 bits per heavy atom. The van der Waals surface area contributed by atoms with Gasteiger partial charge in [0.15, 0.2) is 11.0 Å². The van der Waals surface area contributed by atoms with E-state index >= 15 is 0 Å². The second-order valence-corrected chi connectivity index (χ2v) is 9.79. The van der Waals surface area contributed by atoms with E-state index < -0.39 is 0 Å². The highest BCUT2D eigenvalue weighted by Crippen LogP contribution is 2.31. The molecular weight excluding hydrogens is 488 g/mol. The molecule has 2 aromatic heterocycles. The van der Waals surface area contributed by atoms with Gasteiger partial charge in [0.05, 0.1) is 12.3 Å². The molecule has 0 fully saturated rings. The van der Waals surface area contributed by atoms with Crippen LogP contribution in [0.5, 0.6) is 5.75 Å². The molecule has 0 radical (unpaired) electrons. The molecule has 0 saturated carbocycles. The van der Waals surface area contributed by atoms with Crippen molar-refractivity contribution in [3.05, 3.63) is 102 Å². The highest BCUT2D eigenvalue weighted by Gasteiger charge is 2.15. The molecule has 2 heterocycles. The smallest absolute Gasteiger partial charge is 0.191 e. The summed E-state index contributed by atoms with van der Waals surface area (Å²) < 4.78 is 13.7. The van der Waals surface area contributed by atoms with Crippen LogP contribution in [0, 0.1) is 0 Å². The molecule has 182 valence electrons. The quantitative estimate of drug-likeness (QED) is 0.185. The molecular formula is C28H26N4O2S2. The number of thiazole rings is 1. The molecule has 0 aliphatic carbocycles. The van der Waals surface area contributed by atoms with Gasteiger partial charge in [0.1, 0.15) is 17.4 Å². The molecule has 36 heavy (non-hydrogen) atoms. The van der Waals surface area contributed by atoms with Crippen LogP contribution in [-0.2, 0) is 23.6 Å². The molecule has 0 spiro atoms. The van der Waals surface area contributed by atoms with Crippen LogP contribution in [0.4, 0.5) is 0 Å². The van der Waals surface area contributed by atoms with E-state index in [1.165, 1.54) is 0 Å². The lowest BCUT2D eigenvalue weighted by Crippen LogP contribution is -2.12. The van der Waals surface area contributed by atoms with Crippen LogP contribution < -0.4 is 4.74 Å². The molecule has 0 saturated heterocycles. The standard InChI is InChI=1S/C28H26N4O2S2/c1-33-17-16-32-26(18-34-25-15-9-8-14-24(25)21-10-4-2-5-11-21)30-31-28(32)36-20-23-19-35-27(29-23)22-12-6-3-7-13-22/h2-15,19H,16-18,20H2,1H3. The Labute approximate surface area is 219 Å². The maximum atomic E-state index is 6.24. The van der Waals surface area contributed by atoms with Crippen LogP contribution in [0.3, 0.4) is 0 Å². The minimum Gasteiger partial charge on any atom is -0.485 e. The van der Waals surface area contributed by atoms with Crippen molar-refractivity contribution < 1.29 is 9.47 Å². The number of rotatable bonds is 11. The van der Waals surface area contributed by atoms with Crippen LogP contribution in [0.1, 0.15) is 11.5 Å². The molecule has 0 unspecified atom stereocenters. The van der Waals surface area contributed by atoms with E-state index in [9.17, 15) is 0 Å². The molecule has 0 bridgehead atoms. The first kappa shape index (κ1) is 24.2. The zero-order chi connectivity index (χ0) is 24.6. The minimum absolute atomic E-state index is 0.315. The summed E-state index contributed by atoms with van der Waals surface area (Å²) in [5, 5.41) is 12.9. The molecule has 3 aromatic carbocycles. The van der Waals surface area contributed by atoms with Gasteiger partial charge in [-0.3, -0.25) is 0 Å². The Morgan fingerprint density at radius 2 is 1.58 bits per heavy atom. The Kier molecular flexibility index (Phi) is 8.07. The Bertz CT molecular complexity index is 1390. The number of para-hydroxylation sites is 1. The summed E-state index contributed by atoms with van der Waals surface area (Å²) >= 11 is 3.28. The van der Waals surface area contributed by atoms with Crippen molar-refractivity contribution in [3.8, 4) is 27.4 Å². The number of thioether (sulfide) groups is 1. The number of hydrogen-bond acceptors (Lipinski definition) is 7. The van der Waals surface area contributed by atoms with E-state index in [4.69, 9.17) is 14.5 Å². The summed E-state index contributed by atoms with van der Waals surface area (Å²) in [5.74, 6) is 2.29. The van der Waals surface area contributed by atoms with Crippen LogP contribution in [0.2, 0.25) is 0 Å². The van der Waals surface area contributed by atoms with Crippen LogP contribution >= 0.6 is 23.1 Å². The van der Waals surface area contributed by atoms with Gasteiger partial charge in [-0.2, -0.15) is 0 Å². The van der Waals surface area contributed by atoms with Gasteiger partial charge < -0.3 is 14.0 Å². The van der Waals surface area contributed by atoms with E-state index in [0.29, 0.717) is 25.5 Å². The first-order chi connectivity index (χ1) is 17.8. The van der Waals surface area contributed by atoms with E-state index in [-0.39, 0.29) is 0 Å². The average molecular weight is 515 g/mol. The van der Waals surface area contributed by atoms with Gasteiger partial charge >= 0.3 is 0 Å². The van der Waals surface area contributed by atoms with E-state index in [1.807, 2.05) is 54.6 Å². The van der Waals surface area contributed by atoms with Gasteiger partial charge in [-0.25, -0.2) is 4.98 Å². The van der Waals surface area contributed by atoms with Crippen molar-refractivity contribution in [2.75, 3.05) is 13.7 Å². The van der Waals surface area contributed by atoms with Gasteiger partial charge in [-0.1, -0.05) is 90.6 Å². The number of aromatic nitrogens is 4. The normalized spacial score (nSPS) is 11.0. The molecule has 0 atom stereocenters. The second-order valence-electron chi connectivity index (χ2n) is 7.99. The predicted molar refractivity (Wildman–Crippen MR) is 145 cm³/mol. The summed E-state index contributed by atoms with van der Waals surface area (Å²) in [6, 6.07) is 28.5. The van der Waals surface area contributed by atoms with Crippen molar-refractivity contribution in [2.45, 2.75) is 24.1 Å². The number of hydrogen-bond donors (Lipinski definition) is 0. The summed E-state index contributed by atoms with van der Waals surface area (Å²) in [6.07, 6.45) is 0. The highest BCUT2D eigenvalue weighted by atomic mass is 32.2. The molecule has 0 amide bonds. The number of nitrogens with zero attached hydrogens (tertiary/aromatic N) is 4. The molecule has 6 nitrogen and oxygen atoms in total. The zero-order valence-corrected chi connectivity index (χ0v) is 21.5. The minimum atomic E-state index is 0.315. The predicted octanol–water partition coefficient (Wildman–Crippen LogP) is 6.59. The van der Waals surface area contributed by atoms with Crippen molar-refractivity contribution in [1.82, 2.24) is 19.7 Å². The van der Waals surface area contributed by atoms with Gasteiger partial charge in [-0.15, -0.1) is 21.5 Å². The first-order valence-electron chi connectivity index (χ1n) is 11.6. The lowest BCUT2D eigenvalue weighted by atomic mass is 10.1. The van der Waals surface area contributed by atoms with Gasteiger partial charge in [0.2, 0.25) is 0 Å². The maximum Gasteiger partial charge on any atom is 0.191 e. The largest absolute Gasteiger partial charge is 0.485 e.